The Kier molecular flexibility index (Phi) is 5.21. The second-order valence-corrected chi connectivity index (χ2v) is 6.90. The maximum absolute atomic E-state index is 10.3. The minimum absolute atomic E-state index is 0.192. The number of nitrogens with zero attached hydrogens (tertiary/aromatic N) is 3. The van der Waals surface area contributed by atoms with E-state index in [1.807, 2.05) is 13.8 Å². The molecule has 0 amide bonds. The molecular weight excluding hydrogens is 252 g/mol. The quantitative estimate of drug-likeness (QED) is 0.864. The maximum atomic E-state index is 10.3. The number of nitrogens with two attached hydrogens (primary N) is 1. The molecule has 1 aromatic rings. The monoisotopic (exact) mass is 282 g/mol. The third-order valence-corrected chi connectivity index (χ3v) is 4.23. The van der Waals surface area contributed by atoms with E-state index in [1.165, 1.54) is 0 Å². The van der Waals surface area contributed by atoms with Crippen LogP contribution in [0.15, 0.2) is 0 Å². The maximum Gasteiger partial charge on any atom is 0.0862 e. The lowest BCUT2D eigenvalue weighted by molar-refractivity contribution is 0.0607. The van der Waals surface area contributed by atoms with E-state index in [2.05, 4.69) is 44.7 Å². The molecule has 116 valence electrons. The highest BCUT2D eigenvalue weighted by Crippen LogP contribution is 2.23. The van der Waals surface area contributed by atoms with Crippen LogP contribution in [0, 0.1) is 19.3 Å². The Balaban J connectivity index is 2.64. The Labute approximate surface area is 122 Å². The molecule has 0 saturated heterocycles. The second-order valence-electron chi connectivity index (χ2n) is 6.90. The molecule has 1 aromatic heterocycles. The highest BCUT2D eigenvalue weighted by molar-refractivity contribution is 5.46. The zero-order chi connectivity index (χ0) is 15.7. The Morgan fingerprint density at radius 2 is 1.90 bits per heavy atom. The molecule has 0 saturated carbocycles. The molecule has 0 radical (unpaired) electrons. The van der Waals surface area contributed by atoms with E-state index < -0.39 is 6.10 Å². The van der Waals surface area contributed by atoms with Gasteiger partial charge in [-0.1, -0.05) is 20.8 Å². The van der Waals surface area contributed by atoms with Crippen molar-refractivity contribution in [3.8, 4) is 0 Å². The summed E-state index contributed by atoms with van der Waals surface area (Å²) in [6.07, 6.45) is -0.456. The summed E-state index contributed by atoms with van der Waals surface area (Å²) in [7, 11) is 2.05. The molecule has 0 bridgehead atoms. The molecule has 0 aliphatic carbocycles. The first-order valence-electron chi connectivity index (χ1n) is 7.21. The first kappa shape index (κ1) is 17.0. The zero-order valence-electron chi connectivity index (χ0n) is 13.9. The van der Waals surface area contributed by atoms with Crippen molar-refractivity contribution in [2.75, 3.05) is 19.3 Å². The number of aliphatic hydroxyl groups is 1. The van der Waals surface area contributed by atoms with E-state index in [0.717, 1.165) is 11.4 Å². The van der Waals surface area contributed by atoms with Crippen molar-refractivity contribution < 1.29 is 5.11 Å². The molecule has 0 aromatic carbocycles. The van der Waals surface area contributed by atoms with Gasteiger partial charge in [-0.3, -0.25) is 4.68 Å². The summed E-state index contributed by atoms with van der Waals surface area (Å²) in [6, 6.07) is 0.391. The van der Waals surface area contributed by atoms with Gasteiger partial charge in [-0.25, -0.2) is 0 Å². The van der Waals surface area contributed by atoms with Crippen molar-refractivity contribution >= 4 is 5.69 Å². The van der Waals surface area contributed by atoms with E-state index in [1.54, 1.807) is 4.68 Å². The molecule has 3 N–H and O–H groups in total. The van der Waals surface area contributed by atoms with E-state index >= 15 is 0 Å². The highest BCUT2D eigenvalue weighted by atomic mass is 16.3. The molecule has 0 fully saturated rings. The average molecular weight is 282 g/mol. The van der Waals surface area contributed by atoms with Crippen LogP contribution in [0.3, 0.4) is 0 Å². The number of likely N-dealkylation sites (N-methyl/N-ethyl adjacent to an activating group) is 1. The van der Waals surface area contributed by atoms with Crippen molar-refractivity contribution in [3.63, 3.8) is 0 Å². The number of hydrogen-bond acceptors (Lipinski definition) is 4. The highest BCUT2D eigenvalue weighted by Gasteiger charge is 2.25. The van der Waals surface area contributed by atoms with Crippen LogP contribution in [0.5, 0.6) is 0 Å². The van der Waals surface area contributed by atoms with Gasteiger partial charge in [-0.15, -0.1) is 0 Å². The lowest BCUT2D eigenvalue weighted by atomic mass is 9.87. The number of aromatic nitrogens is 2. The number of aliphatic hydroxyl groups excluding tert-OH is 1. The third-order valence-electron chi connectivity index (χ3n) is 4.23. The first-order chi connectivity index (χ1) is 9.04. The molecule has 1 rings (SSSR count). The predicted octanol–water partition coefficient (Wildman–Crippen LogP) is 1.81. The molecule has 5 nitrogen and oxygen atoms in total. The zero-order valence-corrected chi connectivity index (χ0v) is 13.9. The molecule has 1 heterocycles. The van der Waals surface area contributed by atoms with E-state index in [9.17, 15) is 5.11 Å². The summed E-state index contributed by atoms with van der Waals surface area (Å²) < 4.78 is 1.80. The van der Waals surface area contributed by atoms with Gasteiger partial charge >= 0.3 is 0 Å². The van der Waals surface area contributed by atoms with E-state index in [4.69, 9.17) is 5.73 Å². The van der Waals surface area contributed by atoms with E-state index in [0.29, 0.717) is 24.8 Å². The molecule has 0 aliphatic heterocycles. The van der Waals surface area contributed by atoms with Crippen LogP contribution in [0.25, 0.3) is 0 Å². The number of nitrogen functional groups attached to an aromatic ring is 1. The van der Waals surface area contributed by atoms with Crippen LogP contribution >= 0.6 is 0 Å². The van der Waals surface area contributed by atoms with Gasteiger partial charge in [0.15, 0.2) is 0 Å². The Morgan fingerprint density at radius 3 is 2.30 bits per heavy atom. The van der Waals surface area contributed by atoms with Crippen LogP contribution in [0.2, 0.25) is 0 Å². The largest absolute Gasteiger partial charge is 0.396 e. The molecule has 20 heavy (non-hydrogen) atoms. The van der Waals surface area contributed by atoms with E-state index in [-0.39, 0.29) is 5.41 Å². The summed E-state index contributed by atoms with van der Waals surface area (Å²) in [5.74, 6) is 0. The fraction of sp³-hybridized carbons (Fsp3) is 0.800. The van der Waals surface area contributed by atoms with Crippen molar-refractivity contribution in [1.82, 2.24) is 14.7 Å². The van der Waals surface area contributed by atoms with Crippen LogP contribution in [-0.2, 0) is 6.54 Å². The third kappa shape index (κ3) is 3.96. The minimum atomic E-state index is -0.456. The van der Waals surface area contributed by atoms with Crippen LogP contribution in [0.1, 0.15) is 39.1 Å². The topological polar surface area (TPSA) is 67.3 Å². The van der Waals surface area contributed by atoms with Gasteiger partial charge in [0.1, 0.15) is 0 Å². The van der Waals surface area contributed by atoms with Gasteiger partial charge in [-0.05, 0) is 33.2 Å². The fourth-order valence-electron chi connectivity index (χ4n) is 2.30. The molecule has 2 atom stereocenters. The lowest BCUT2D eigenvalue weighted by Gasteiger charge is -2.36. The van der Waals surface area contributed by atoms with Gasteiger partial charge in [0.05, 0.1) is 29.7 Å². The average Bonchev–Trinajstić information content (AvgIpc) is 2.54. The summed E-state index contributed by atoms with van der Waals surface area (Å²) in [5, 5.41) is 14.6. The Morgan fingerprint density at radius 1 is 1.35 bits per heavy atom. The molecule has 5 heteroatoms. The summed E-state index contributed by atoms with van der Waals surface area (Å²) >= 11 is 0. The van der Waals surface area contributed by atoms with Gasteiger partial charge in [0, 0.05) is 12.6 Å². The van der Waals surface area contributed by atoms with Gasteiger partial charge in [-0.2, -0.15) is 5.10 Å². The number of hydrogen-bond donors (Lipinski definition) is 2. The van der Waals surface area contributed by atoms with Crippen LogP contribution in [-0.4, -0.2) is 45.5 Å². The standard InChI is InChI=1S/C15H30N4O/c1-10-14(16)11(2)19(17-10)9-13(20)8-18(7)12(3)15(4,5)6/h12-13,20H,8-9,16H2,1-7H3. The molecule has 0 aliphatic rings. The van der Waals surface area contributed by atoms with Crippen LogP contribution < -0.4 is 5.73 Å². The van der Waals surface area contributed by atoms with Gasteiger partial charge < -0.3 is 15.7 Å². The molecular formula is C15H30N4O. The minimum Gasteiger partial charge on any atom is -0.396 e. The second kappa shape index (κ2) is 6.14. The normalized spacial score (nSPS) is 15.7. The van der Waals surface area contributed by atoms with Gasteiger partial charge in [0.25, 0.3) is 0 Å². The number of aryl methyl sites for hydroxylation is 1. The smallest absolute Gasteiger partial charge is 0.0862 e. The first-order valence-corrected chi connectivity index (χ1v) is 7.21. The Bertz CT molecular complexity index is 447. The fourth-order valence-corrected chi connectivity index (χ4v) is 2.30. The van der Waals surface area contributed by atoms with Crippen molar-refractivity contribution in [2.45, 2.75) is 60.2 Å². The van der Waals surface area contributed by atoms with Crippen molar-refractivity contribution in [1.29, 1.82) is 0 Å². The molecule has 2 unspecified atom stereocenters. The van der Waals surface area contributed by atoms with Crippen molar-refractivity contribution in [3.05, 3.63) is 11.4 Å². The number of rotatable bonds is 5. The summed E-state index contributed by atoms with van der Waals surface area (Å²) in [5.41, 5.74) is 8.57. The number of anilines is 1. The molecule has 0 spiro atoms. The Hall–Kier alpha value is -1.07. The SMILES string of the molecule is Cc1nn(CC(O)CN(C)C(C)C(C)(C)C)c(C)c1N. The summed E-state index contributed by atoms with van der Waals surface area (Å²) in [4.78, 5) is 2.19. The predicted molar refractivity (Wildman–Crippen MR) is 83.7 cm³/mol. The lowest BCUT2D eigenvalue weighted by Crippen LogP contribution is -2.44. The van der Waals surface area contributed by atoms with Crippen LogP contribution in [0.4, 0.5) is 5.69 Å². The van der Waals surface area contributed by atoms with Crippen molar-refractivity contribution in [2.24, 2.45) is 5.41 Å². The van der Waals surface area contributed by atoms with Gasteiger partial charge in [0.2, 0.25) is 0 Å². The summed E-state index contributed by atoms with van der Waals surface area (Å²) in [6.45, 7) is 13.7.